The highest BCUT2D eigenvalue weighted by molar-refractivity contribution is 5.90. The van der Waals surface area contributed by atoms with Crippen LogP contribution in [0, 0.1) is 0 Å². The molecule has 0 aliphatic heterocycles. The maximum Gasteiger partial charge on any atom is 0.338 e. The summed E-state index contributed by atoms with van der Waals surface area (Å²) in [4.78, 5) is 12.1. The van der Waals surface area contributed by atoms with Crippen LogP contribution in [0.25, 0.3) is 10.8 Å². The fraction of sp³-hybridized carbons (Fsp3) is 0.105. The minimum Gasteiger partial charge on any atom is -0.454 e. The molecule has 3 aromatic carbocycles. The third-order valence-corrected chi connectivity index (χ3v) is 3.55. The minimum absolute atomic E-state index is 0.288. The number of hydrogen-bond donors (Lipinski definition) is 0. The maximum absolute atomic E-state index is 12.1. The van der Waals surface area contributed by atoms with Crippen LogP contribution in [-0.4, -0.2) is 5.97 Å². The first-order valence-corrected chi connectivity index (χ1v) is 6.99. The lowest BCUT2D eigenvalue weighted by atomic mass is 10.0. The van der Waals surface area contributed by atoms with E-state index in [0.29, 0.717) is 5.56 Å². The molecule has 0 fully saturated rings. The van der Waals surface area contributed by atoms with Crippen molar-refractivity contribution >= 4 is 16.7 Å². The van der Waals surface area contributed by atoms with Gasteiger partial charge in [0, 0.05) is 0 Å². The Hall–Kier alpha value is -2.61. The predicted octanol–water partition coefficient (Wildman–Crippen LogP) is 4.76. The number of rotatable bonds is 3. The van der Waals surface area contributed by atoms with Gasteiger partial charge in [-0.2, -0.15) is 0 Å². The molecule has 0 saturated heterocycles. The SMILES string of the molecule is CC(OC(=O)c1ccccc1)c1cccc2ccccc12. The molecule has 1 unspecified atom stereocenters. The van der Waals surface area contributed by atoms with Gasteiger partial charge in [0.15, 0.2) is 0 Å². The first-order valence-electron chi connectivity index (χ1n) is 6.99. The maximum atomic E-state index is 12.1. The van der Waals surface area contributed by atoms with Crippen molar-refractivity contribution in [1.29, 1.82) is 0 Å². The van der Waals surface area contributed by atoms with Crippen molar-refractivity contribution < 1.29 is 9.53 Å². The summed E-state index contributed by atoms with van der Waals surface area (Å²) in [5, 5.41) is 2.27. The molecule has 0 N–H and O–H groups in total. The van der Waals surface area contributed by atoms with Gasteiger partial charge in [-0.15, -0.1) is 0 Å². The second-order valence-electron chi connectivity index (χ2n) is 4.98. The summed E-state index contributed by atoms with van der Waals surface area (Å²) in [5.74, 6) is -0.295. The number of benzene rings is 3. The van der Waals surface area contributed by atoms with Crippen LogP contribution in [0.5, 0.6) is 0 Å². The van der Waals surface area contributed by atoms with Crippen LogP contribution < -0.4 is 0 Å². The van der Waals surface area contributed by atoms with E-state index in [0.717, 1.165) is 16.3 Å². The third-order valence-electron chi connectivity index (χ3n) is 3.55. The van der Waals surface area contributed by atoms with Crippen molar-refractivity contribution in [3.05, 3.63) is 83.9 Å². The quantitative estimate of drug-likeness (QED) is 0.645. The van der Waals surface area contributed by atoms with E-state index in [1.165, 1.54) is 0 Å². The monoisotopic (exact) mass is 276 g/mol. The molecule has 3 aromatic rings. The molecule has 0 radical (unpaired) electrons. The Morgan fingerprint density at radius 3 is 2.33 bits per heavy atom. The fourth-order valence-electron chi connectivity index (χ4n) is 2.47. The molecule has 0 bridgehead atoms. The van der Waals surface area contributed by atoms with Crippen LogP contribution >= 0.6 is 0 Å². The normalized spacial score (nSPS) is 12.0. The molecule has 0 amide bonds. The highest BCUT2D eigenvalue weighted by Gasteiger charge is 2.15. The Bertz CT molecular complexity index is 757. The summed E-state index contributed by atoms with van der Waals surface area (Å²) in [6.07, 6.45) is -0.288. The zero-order chi connectivity index (χ0) is 14.7. The van der Waals surface area contributed by atoms with E-state index in [1.807, 2.05) is 49.4 Å². The number of carbonyl (C=O) groups is 1. The Balaban J connectivity index is 1.88. The van der Waals surface area contributed by atoms with E-state index in [4.69, 9.17) is 4.74 Å². The number of ether oxygens (including phenoxy) is 1. The number of carbonyl (C=O) groups excluding carboxylic acids is 1. The lowest BCUT2D eigenvalue weighted by Gasteiger charge is -2.16. The molecule has 2 heteroatoms. The van der Waals surface area contributed by atoms with Crippen molar-refractivity contribution in [2.75, 3.05) is 0 Å². The highest BCUT2D eigenvalue weighted by Crippen LogP contribution is 2.26. The van der Waals surface area contributed by atoms with Crippen LogP contribution in [0.15, 0.2) is 72.8 Å². The second-order valence-corrected chi connectivity index (χ2v) is 4.98. The fourth-order valence-corrected chi connectivity index (χ4v) is 2.47. The van der Waals surface area contributed by atoms with Gasteiger partial charge in [-0.1, -0.05) is 60.7 Å². The third kappa shape index (κ3) is 2.79. The van der Waals surface area contributed by atoms with Gasteiger partial charge in [0.2, 0.25) is 0 Å². The Morgan fingerprint density at radius 2 is 1.52 bits per heavy atom. The molecular weight excluding hydrogens is 260 g/mol. The molecule has 104 valence electrons. The van der Waals surface area contributed by atoms with E-state index in [1.54, 1.807) is 12.1 Å². The molecule has 0 aliphatic rings. The lowest BCUT2D eigenvalue weighted by Crippen LogP contribution is -2.09. The van der Waals surface area contributed by atoms with Crippen molar-refractivity contribution in [2.45, 2.75) is 13.0 Å². The standard InChI is InChI=1S/C19H16O2/c1-14(21-19(20)16-9-3-2-4-10-16)17-13-7-11-15-8-5-6-12-18(15)17/h2-14H,1H3. The molecule has 0 spiro atoms. The van der Waals surface area contributed by atoms with Gasteiger partial charge in [-0.05, 0) is 35.4 Å². The van der Waals surface area contributed by atoms with Gasteiger partial charge in [0.05, 0.1) is 5.56 Å². The Labute approximate surface area is 124 Å². The Morgan fingerprint density at radius 1 is 0.857 bits per heavy atom. The van der Waals surface area contributed by atoms with Crippen LogP contribution in [0.3, 0.4) is 0 Å². The van der Waals surface area contributed by atoms with Crippen LogP contribution in [0.1, 0.15) is 28.9 Å². The van der Waals surface area contributed by atoms with Crippen LogP contribution in [0.2, 0.25) is 0 Å². The smallest absolute Gasteiger partial charge is 0.338 e. The highest BCUT2D eigenvalue weighted by atomic mass is 16.5. The Kier molecular flexibility index (Phi) is 3.69. The number of esters is 1. The molecule has 0 heterocycles. The summed E-state index contributed by atoms with van der Waals surface area (Å²) in [6.45, 7) is 1.91. The summed E-state index contributed by atoms with van der Waals surface area (Å²) in [7, 11) is 0. The van der Waals surface area contributed by atoms with E-state index in [2.05, 4.69) is 18.2 Å². The molecule has 0 aliphatic carbocycles. The first-order chi connectivity index (χ1) is 10.3. The summed E-state index contributed by atoms with van der Waals surface area (Å²) in [5.41, 5.74) is 1.60. The topological polar surface area (TPSA) is 26.3 Å². The van der Waals surface area contributed by atoms with Crippen molar-refractivity contribution in [1.82, 2.24) is 0 Å². The average Bonchev–Trinajstić information content (AvgIpc) is 2.55. The van der Waals surface area contributed by atoms with Gasteiger partial charge in [-0.25, -0.2) is 4.79 Å². The zero-order valence-electron chi connectivity index (χ0n) is 11.8. The van der Waals surface area contributed by atoms with Crippen molar-refractivity contribution in [3.8, 4) is 0 Å². The molecule has 1 atom stereocenters. The van der Waals surface area contributed by atoms with E-state index in [-0.39, 0.29) is 12.1 Å². The average molecular weight is 276 g/mol. The van der Waals surface area contributed by atoms with E-state index in [9.17, 15) is 4.79 Å². The van der Waals surface area contributed by atoms with Gasteiger partial charge < -0.3 is 4.74 Å². The number of hydrogen-bond acceptors (Lipinski definition) is 2. The van der Waals surface area contributed by atoms with Gasteiger partial charge in [0.1, 0.15) is 6.10 Å². The molecule has 3 rings (SSSR count). The summed E-state index contributed by atoms with van der Waals surface area (Å²) >= 11 is 0. The zero-order valence-corrected chi connectivity index (χ0v) is 11.8. The first kappa shape index (κ1) is 13.4. The van der Waals surface area contributed by atoms with Crippen LogP contribution in [-0.2, 0) is 4.74 Å². The van der Waals surface area contributed by atoms with Gasteiger partial charge in [0.25, 0.3) is 0 Å². The van der Waals surface area contributed by atoms with E-state index >= 15 is 0 Å². The summed E-state index contributed by atoms with van der Waals surface area (Å²) < 4.78 is 5.59. The second kappa shape index (κ2) is 5.80. The minimum atomic E-state index is -0.295. The molecule has 21 heavy (non-hydrogen) atoms. The van der Waals surface area contributed by atoms with Gasteiger partial charge >= 0.3 is 5.97 Å². The van der Waals surface area contributed by atoms with E-state index < -0.39 is 0 Å². The van der Waals surface area contributed by atoms with Gasteiger partial charge in [-0.3, -0.25) is 0 Å². The summed E-state index contributed by atoms with van der Waals surface area (Å²) in [6, 6.07) is 23.2. The molecular formula is C19H16O2. The lowest BCUT2D eigenvalue weighted by molar-refractivity contribution is 0.0341. The molecule has 0 saturated carbocycles. The largest absolute Gasteiger partial charge is 0.454 e. The number of fused-ring (bicyclic) bond motifs is 1. The molecule has 2 nitrogen and oxygen atoms in total. The van der Waals surface area contributed by atoms with Crippen molar-refractivity contribution in [2.24, 2.45) is 0 Å². The molecule has 0 aromatic heterocycles. The van der Waals surface area contributed by atoms with Crippen LogP contribution in [0.4, 0.5) is 0 Å². The predicted molar refractivity (Wildman–Crippen MR) is 84.2 cm³/mol. The van der Waals surface area contributed by atoms with Crippen molar-refractivity contribution in [3.63, 3.8) is 0 Å².